The molecule has 2 aromatic carbocycles. The lowest BCUT2D eigenvalue weighted by atomic mass is 10.2. The lowest BCUT2D eigenvalue weighted by Crippen LogP contribution is -2.50. The standard InChI is InChI=1S/C21H28FN3O3S/c1-4-19(25(29(3,27)28)20-14-9-8-13-18(20)22)21(26)23-15-10-16-24(2)17-11-6-5-7-12-17/h5-9,11-14,19H,4,10,15-16H2,1-3H3,(H,23,26)/t19-/m1/s1. The molecule has 158 valence electrons. The maximum Gasteiger partial charge on any atom is 0.243 e. The van der Waals surface area contributed by atoms with Gasteiger partial charge in [0.25, 0.3) is 0 Å². The Morgan fingerprint density at radius 3 is 2.31 bits per heavy atom. The molecule has 1 atom stereocenters. The van der Waals surface area contributed by atoms with Crippen molar-refractivity contribution in [2.45, 2.75) is 25.8 Å². The van der Waals surface area contributed by atoms with E-state index in [4.69, 9.17) is 0 Å². The second-order valence-corrected chi connectivity index (χ2v) is 8.70. The third kappa shape index (κ3) is 6.19. The number of halogens is 1. The molecule has 0 radical (unpaired) electrons. The number of carbonyl (C=O) groups excluding carboxylic acids is 1. The molecule has 0 heterocycles. The number of hydrogen-bond donors (Lipinski definition) is 1. The maximum atomic E-state index is 14.2. The van der Waals surface area contributed by atoms with Crippen molar-refractivity contribution in [2.75, 3.05) is 35.6 Å². The van der Waals surface area contributed by atoms with E-state index in [-0.39, 0.29) is 12.1 Å². The van der Waals surface area contributed by atoms with Gasteiger partial charge in [-0.15, -0.1) is 0 Å². The van der Waals surface area contributed by atoms with Crippen molar-refractivity contribution < 1.29 is 17.6 Å². The summed E-state index contributed by atoms with van der Waals surface area (Å²) in [5.74, 6) is -1.13. The van der Waals surface area contributed by atoms with Crippen LogP contribution in [0.4, 0.5) is 15.8 Å². The minimum Gasteiger partial charge on any atom is -0.375 e. The zero-order chi connectivity index (χ0) is 21.4. The van der Waals surface area contributed by atoms with E-state index in [1.807, 2.05) is 37.4 Å². The summed E-state index contributed by atoms with van der Waals surface area (Å²) in [6.07, 6.45) is 1.88. The fraction of sp³-hybridized carbons (Fsp3) is 0.381. The molecule has 8 heteroatoms. The van der Waals surface area contributed by atoms with E-state index in [1.54, 1.807) is 13.0 Å². The highest BCUT2D eigenvalue weighted by Gasteiger charge is 2.32. The molecule has 0 aromatic heterocycles. The highest BCUT2D eigenvalue weighted by atomic mass is 32.2. The number of amides is 1. The SMILES string of the molecule is CC[C@H](C(=O)NCCCN(C)c1ccccc1)N(c1ccccc1F)S(C)(=O)=O. The Balaban J connectivity index is 2.02. The fourth-order valence-electron chi connectivity index (χ4n) is 3.12. The summed E-state index contributed by atoms with van der Waals surface area (Å²) in [5.41, 5.74) is 0.953. The average Bonchev–Trinajstić information content (AvgIpc) is 2.69. The molecule has 2 rings (SSSR count). The van der Waals surface area contributed by atoms with Gasteiger partial charge in [-0.1, -0.05) is 37.3 Å². The Bertz CT molecular complexity index is 906. The third-order valence-electron chi connectivity index (χ3n) is 4.59. The molecule has 6 nitrogen and oxygen atoms in total. The monoisotopic (exact) mass is 421 g/mol. The molecular formula is C21H28FN3O3S. The average molecular weight is 422 g/mol. The number of nitrogens with zero attached hydrogens (tertiary/aromatic N) is 2. The molecule has 0 aliphatic heterocycles. The molecule has 0 unspecified atom stereocenters. The number of benzene rings is 2. The van der Waals surface area contributed by atoms with Gasteiger partial charge in [0.2, 0.25) is 15.9 Å². The lowest BCUT2D eigenvalue weighted by Gasteiger charge is -2.30. The fourth-order valence-corrected chi connectivity index (χ4v) is 4.34. The van der Waals surface area contributed by atoms with Crippen LogP contribution in [-0.2, 0) is 14.8 Å². The van der Waals surface area contributed by atoms with E-state index in [0.29, 0.717) is 13.0 Å². The van der Waals surface area contributed by atoms with Crippen molar-refractivity contribution in [1.82, 2.24) is 5.32 Å². The molecule has 0 saturated carbocycles. The molecule has 0 fully saturated rings. The predicted octanol–water partition coefficient (Wildman–Crippen LogP) is 3.01. The first kappa shape index (κ1) is 22.7. The Morgan fingerprint density at radius 1 is 1.10 bits per heavy atom. The smallest absolute Gasteiger partial charge is 0.243 e. The lowest BCUT2D eigenvalue weighted by molar-refractivity contribution is -0.122. The highest BCUT2D eigenvalue weighted by molar-refractivity contribution is 7.92. The van der Waals surface area contributed by atoms with Crippen LogP contribution in [0.5, 0.6) is 0 Å². The van der Waals surface area contributed by atoms with Crippen molar-refractivity contribution in [3.05, 3.63) is 60.4 Å². The first-order valence-electron chi connectivity index (χ1n) is 9.53. The van der Waals surface area contributed by atoms with Crippen molar-refractivity contribution in [3.63, 3.8) is 0 Å². The topological polar surface area (TPSA) is 69.7 Å². The number of anilines is 2. The number of hydrogen-bond acceptors (Lipinski definition) is 4. The molecule has 0 spiro atoms. The van der Waals surface area contributed by atoms with Crippen LogP contribution in [-0.4, -0.2) is 46.8 Å². The van der Waals surface area contributed by atoms with Crippen LogP contribution in [0.2, 0.25) is 0 Å². The van der Waals surface area contributed by atoms with Gasteiger partial charge in [-0.25, -0.2) is 12.8 Å². The van der Waals surface area contributed by atoms with Crippen LogP contribution in [0.25, 0.3) is 0 Å². The van der Waals surface area contributed by atoms with Crippen molar-refractivity contribution in [1.29, 1.82) is 0 Å². The first-order valence-corrected chi connectivity index (χ1v) is 11.4. The molecule has 2 aromatic rings. The normalized spacial score (nSPS) is 12.3. The summed E-state index contributed by atoms with van der Waals surface area (Å²) >= 11 is 0. The maximum absolute atomic E-state index is 14.2. The minimum absolute atomic E-state index is 0.124. The zero-order valence-electron chi connectivity index (χ0n) is 17.0. The number of para-hydroxylation sites is 2. The summed E-state index contributed by atoms with van der Waals surface area (Å²) < 4.78 is 39.8. The van der Waals surface area contributed by atoms with Gasteiger partial charge in [0.15, 0.2) is 0 Å². The Kier molecular flexibility index (Phi) is 8.01. The van der Waals surface area contributed by atoms with E-state index >= 15 is 0 Å². The van der Waals surface area contributed by atoms with Crippen molar-refractivity contribution >= 4 is 27.3 Å². The summed E-state index contributed by atoms with van der Waals surface area (Å²) in [6.45, 7) is 2.82. The van der Waals surface area contributed by atoms with Crippen LogP contribution in [0.15, 0.2) is 54.6 Å². The second-order valence-electron chi connectivity index (χ2n) is 6.84. The molecule has 29 heavy (non-hydrogen) atoms. The number of nitrogens with one attached hydrogen (secondary N) is 1. The third-order valence-corrected chi connectivity index (χ3v) is 5.75. The summed E-state index contributed by atoms with van der Waals surface area (Å²) in [7, 11) is -1.88. The molecule has 0 saturated heterocycles. The van der Waals surface area contributed by atoms with Crippen LogP contribution >= 0.6 is 0 Å². The van der Waals surface area contributed by atoms with Gasteiger partial charge < -0.3 is 10.2 Å². The first-order chi connectivity index (χ1) is 13.8. The van der Waals surface area contributed by atoms with Crippen LogP contribution in [0.3, 0.4) is 0 Å². The highest BCUT2D eigenvalue weighted by Crippen LogP contribution is 2.25. The zero-order valence-corrected chi connectivity index (χ0v) is 17.8. The van der Waals surface area contributed by atoms with Gasteiger partial charge in [0.1, 0.15) is 11.9 Å². The van der Waals surface area contributed by atoms with Crippen LogP contribution < -0.4 is 14.5 Å². The van der Waals surface area contributed by atoms with E-state index in [1.165, 1.54) is 18.2 Å². The van der Waals surface area contributed by atoms with Crippen molar-refractivity contribution in [3.8, 4) is 0 Å². The van der Waals surface area contributed by atoms with Crippen LogP contribution in [0, 0.1) is 5.82 Å². The van der Waals surface area contributed by atoms with Gasteiger partial charge >= 0.3 is 0 Å². The van der Waals surface area contributed by atoms with Crippen LogP contribution in [0.1, 0.15) is 19.8 Å². The number of carbonyl (C=O) groups is 1. The quantitative estimate of drug-likeness (QED) is 0.599. The molecule has 1 amide bonds. The Morgan fingerprint density at radius 2 is 1.72 bits per heavy atom. The van der Waals surface area contributed by atoms with E-state index < -0.39 is 27.8 Å². The van der Waals surface area contributed by atoms with E-state index in [0.717, 1.165) is 22.8 Å². The van der Waals surface area contributed by atoms with Gasteiger partial charge in [0, 0.05) is 25.8 Å². The predicted molar refractivity (Wildman–Crippen MR) is 115 cm³/mol. The Labute approximate surface area is 172 Å². The van der Waals surface area contributed by atoms with Gasteiger partial charge in [-0.2, -0.15) is 0 Å². The van der Waals surface area contributed by atoms with Gasteiger partial charge in [0.05, 0.1) is 11.9 Å². The van der Waals surface area contributed by atoms with Crippen molar-refractivity contribution in [2.24, 2.45) is 0 Å². The second kappa shape index (κ2) is 10.2. The van der Waals surface area contributed by atoms with Gasteiger partial charge in [-0.3, -0.25) is 9.10 Å². The summed E-state index contributed by atoms with van der Waals surface area (Å²) in [6, 6.07) is 14.4. The number of rotatable bonds is 10. The summed E-state index contributed by atoms with van der Waals surface area (Å²) in [5, 5.41) is 2.79. The molecule has 1 N–H and O–H groups in total. The number of sulfonamides is 1. The van der Waals surface area contributed by atoms with E-state index in [2.05, 4.69) is 10.2 Å². The van der Waals surface area contributed by atoms with E-state index in [9.17, 15) is 17.6 Å². The van der Waals surface area contributed by atoms with Gasteiger partial charge in [-0.05, 0) is 37.1 Å². The Hall–Kier alpha value is -2.61. The molecule has 0 bridgehead atoms. The molecule has 0 aliphatic carbocycles. The summed E-state index contributed by atoms with van der Waals surface area (Å²) in [4.78, 5) is 14.8. The molecule has 0 aliphatic rings. The minimum atomic E-state index is -3.85. The molecular weight excluding hydrogens is 393 g/mol. The largest absolute Gasteiger partial charge is 0.375 e.